The van der Waals surface area contributed by atoms with Gasteiger partial charge in [0.15, 0.2) is 0 Å². The molecule has 0 saturated carbocycles. The van der Waals surface area contributed by atoms with Crippen LogP contribution in [0, 0.1) is 0 Å². The van der Waals surface area contributed by atoms with Gasteiger partial charge in [0, 0.05) is 30.8 Å². The third-order valence-electron chi connectivity index (χ3n) is 3.63. The van der Waals surface area contributed by atoms with E-state index in [2.05, 4.69) is 10.3 Å². The molecule has 1 aliphatic heterocycles. The van der Waals surface area contributed by atoms with E-state index in [4.69, 9.17) is 0 Å². The predicted molar refractivity (Wildman–Crippen MR) is 92.7 cm³/mol. The summed E-state index contributed by atoms with van der Waals surface area (Å²) in [6.07, 6.45) is 5.84. The van der Waals surface area contributed by atoms with Crippen molar-refractivity contribution < 1.29 is 9.59 Å². The van der Waals surface area contributed by atoms with Crippen LogP contribution in [0.15, 0.2) is 36.2 Å². The largest absolute Gasteiger partial charge is 0.350 e. The lowest BCUT2D eigenvalue weighted by Gasteiger charge is -2.27. The van der Waals surface area contributed by atoms with Gasteiger partial charge in [0.1, 0.15) is 6.04 Å². The van der Waals surface area contributed by atoms with Crippen LogP contribution < -0.4 is 5.32 Å². The maximum absolute atomic E-state index is 12.5. The summed E-state index contributed by atoms with van der Waals surface area (Å²) in [7, 11) is 0. The van der Waals surface area contributed by atoms with E-state index in [1.54, 1.807) is 35.1 Å². The van der Waals surface area contributed by atoms with Crippen LogP contribution in [0.4, 0.5) is 0 Å². The van der Waals surface area contributed by atoms with Crippen molar-refractivity contribution in [3.63, 3.8) is 0 Å². The van der Waals surface area contributed by atoms with Gasteiger partial charge in [0.05, 0.1) is 5.37 Å². The monoisotopic (exact) mass is 333 g/mol. The van der Waals surface area contributed by atoms with Gasteiger partial charge in [0.2, 0.25) is 11.8 Å². The molecule has 5 nitrogen and oxygen atoms in total. The molecule has 23 heavy (non-hydrogen) atoms. The normalized spacial score (nSPS) is 20.2. The highest BCUT2D eigenvalue weighted by atomic mass is 32.2. The number of carbonyl (C=O) groups is 2. The van der Waals surface area contributed by atoms with Crippen LogP contribution in [0.1, 0.15) is 32.8 Å². The summed E-state index contributed by atoms with van der Waals surface area (Å²) in [4.78, 5) is 30.7. The first-order valence-electron chi connectivity index (χ1n) is 7.78. The van der Waals surface area contributed by atoms with Crippen LogP contribution in [-0.4, -0.2) is 38.9 Å². The number of pyridine rings is 1. The Hall–Kier alpha value is -1.82. The van der Waals surface area contributed by atoms with Crippen molar-refractivity contribution in [2.45, 2.75) is 45.2 Å². The Labute approximate surface area is 141 Å². The quantitative estimate of drug-likeness (QED) is 0.840. The van der Waals surface area contributed by atoms with Crippen LogP contribution in [0.25, 0.3) is 0 Å². The summed E-state index contributed by atoms with van der Waals surface area (Å²) in [6, 6.07) is 3.32. The number of amides is 2. The molecule has 1 aromatic heterocycles. The third-order valence-corrected chi connectivity index (χ3v) is 5.08. The molecule has 2 atom stereocenters. The highest BCUT2D eigenvalue weighted by molar-refractivity contribution is 8.00. The summed E-state index contributed by atoms with van der Waals surface area (Å²) in [5.41, 5.74) is 1.94. The molecule has 2 amide bonds. The summed E-state index contributed by atoms with van der Waals surface area (Å²) >= 11 is 1.67. The SMILES string of the molecule is CCC1SCC(C(=O)NCc2ccncc2)N1C(=O)C=C(C)C. The Bertz CT molecular complexity index is 585. The molecule has 0 bridgehead atoms. The van der Waals surface area contributed by atoms with Gasteiger partial charge in [-0.25, -0.2) is 0 Å². The zero-order valence-electron chi connectivity index (χ0n) is 13.8. The summed E-state index contributed by atoms with van der Waals surface area (Å²) in [6.45, 7) is 6.27. The second kappa shape index (κ2) is 8.15. The smallest absolute Gasteiger partial charge is 0.248 e. The molecule has 1 fully saturated rings. The van der Waals surface area contributed by atoms with E-state index in [1.807, 2.05) is 32.9 Å². The van der Waals surface area contributed by atoms with E-state index in [0.29, 0.717) is 12.3 Å². The number of hydrogen-bond acceptors (Lipinski definition) is 4. The number of aromatic nitrogens is 1. The molecule has 2 rings (SSSR count). The standard InChI is InChI=1S/C17H23N3O2S/c1-4-16-20(15(21)9-12(2)3)14(11-23-16)17(22)19-10-13-5-7-18-8-6-13/h5-9,14,16H,4,10-11H2,1-3H3,(H,19,22). The van der Waals surface area contributed by atoms with Gasteiger partial charge >= 0.3 is 0 Å². The van der Waals surface area contributed by atoms with Crippen molar-refractivity contribution in [3.05, 3.63) is 41.7 Å². The molecular formula is C17H23N3O2S. The minimum atomic E-state index is -0.408. The Morgan fingerprint density at radius 2 is 2.09 bits per heavy atom. The lowest BCUT2D eigenvalue weighted by Crippen LogP contribution is -2.49. The number of carbonyl (C=O) groups excluding carboxylic acids is 2. The molecule has 1 aromatic rings. The zero-order valence-corrected chi connectivity index (χ0v) is 14.6. The lowest BCUT2D eigenvalue weighted by molar-refractivity contribution is -0.136. The van der Waals surface area contributed by atoms with E-state index in [-0.39, 0.29) is 17.2 Å². The van der Waals surface area contributed by atoms with E-state index in [1.165, 1.54) is 0 Å². The van der Waals surface area contributed by atoms with E-state index < -0.39 is 6.04 Å². The third kappa shape index (κ3) is 4.58. The molecule has 1 aliphatic rings. The first kappa shape index (κ1) is 17.5. The van der Waals surface area contributed by atoms with Gasteiger partial charge in [-0.2, -0.15) is 0 Å². The van der Waals surface area contributed by atoms with Gasteiger partial charge in [-0.15, -0.1) is 11.8 Å². The zero-order chi connectivity index (χ0) is 16.8. The average Bonchev–Trinajstić information content (AvgIpc) is 2.97. The summed E-state index contributed by atoms with van der Waals surface area (Å²) < 4.78 is 0. The molecule has 1 N–H and O–H groups in total. The second-order valence-electron chi connectivity index (χ2n) is 5.75. The Morgan fingerprint density at radius 1 is 1.39 bits per heavy atom. The van der Waals surface area contributed by atoms with Crippen molar-refractivity contribution in [1.82, 2.24) is 15.2 Å². The Balaban J connectivity index is 2.05. The number of hydrogen-bond donors (Lipinski definition) is 1. The summed E-state index contributed by atoms with van der Waals surface area (Å²) in [5, 5.41) is 2.99. The van der Waals surface area contributed by atoms with Crippen molar-refractivity contribution >= 4 is 23.6 Å². The van der Waals surface area contributed by atoms with Gasteiger partial charge in [-0.05, 0) is 38.0 Å². The van der Waals surface area contributed by atoms with Crippen LogP contribution in [-0.2, 0) is 16.1 Å². The number of nitrogens with one attached hydrogen (secondary N) is 1. The molecule has 0 aliphatic carbocycles. The highest BCUT2D eigenvalue weighted by Crippen LogP contribution is 2.31. The Kier molecular flexibility index (Phi) is 6.21. The van der Waals surface area contributed by atoms with Crippen LogP contribution in [0.3, 0.4) is 0 Å². The van der Waals surface area contributed by atoms with Gasteiger partial charge < -0.3 is 10.2 Å². The van der Waals surface area contributed by atoms with Gasteiger partial charge in [-0.1, -0.05) is 12.5 Å². The first-order valence-corrected chi connectivity index (χ1v) is 8.83. The average molecular weight is 333 g/mol. The first-order chi connectivity index (χ1) is 11.0. The molecule has 2 heterocycles. The topological polar surface area (TPSA) is 62.3 Å². The fourth-order valence-electron chi connectivity index (χ4n) is 2.50. The van der Waals surface area contributed by atoms with Crippen molar-refractivity contribution in [3.8, 4) is 0 Å². The van der Waals surface area contributed by atoms with E-state index in [9.17, 15) is 9.59 Å². The molecule has 2 unspecified atom stereocenters. The fourth-order valence-corrected chi connectivity index (χ4v) is 3.87. The molecule has 0 radical (unpaired) electrons. The number of allylic oxidation sites excluding steroid dienone is 1. The van der Waals surface area contributed by atoms with Crippen molar-refractivity contribution in [2.75, 3.05) is 5.75 Å². The maximum atomic E-state index is 12.5. The van der Waals surface area contributed by atoms with E-state index in [0.717, 1.165) is 17.6 Å². The number of rotatable bonds is 5. The van der Waals surface area contributed by atoms with Crippen LogP contribution in [0.5, 0.6) is 0 Å². The molecular weight excluding hydrogens is 310 g/mol. The molecule has 0 spiro atoms. The molecule has 124 valence electrons. The van der Waals surface area contributed by atoms with Crippen LogP contribution in [0.2, 0.25) is 0 Å². The Morgan fingerprint density at radius 3 is 2.70 bits per heavy atom. The highest BCUT2D eigenvalue weighted by Gasteiger charge is 2.39. The van der Waals surface area contributed by atoms with Crippen LogP contribution >= 0.6 is 11.8 Å². The van der Waals surface area contributed by atoms with Crippen molar-refractivity contribution in [2.24, 2.45) is 0 Å². The second-order valence-corrected chi connectivity index (χ2v) is 6.96. The fraction of sp³-hybridized carbons (Fsp3) is 0.471. The molecule has 6 heteroatoms. The lowest BCUT2D eigenvalue weighted by atomic mass is 10.2. The number of thioether (sulfide) groups is 1. The van der Waals surface area contributed by atoms with Gasteiger partial charge in [-0.3, -0.25) is 14.6 Å². The maximum Gasteiger partial charge on any atom is 0.248 e. The molecule has 0 aromatic carbocycles. The predicted octanol–water partition coefficient (Wildman–Crippen LogP) is 2.34. The minimum absolute atomic E-state index is 0.0646. The summed E-state index contributed by atoms with van der Waals surface area (Å²) in [5.74, 6) is 0.468. The number of nitrogens with zero attached hydrogens (tertiary/aromatic N) is 2. The van der Waals surface area contributed by atoms with Gasteiger partial charge in [0.25, 0.3) is 0 Å². The van der Waals surface area contributed by atoms with Crippen molar-refractivity contribution in [1.29, 1.82) is 0 Å². The van der Waals surface area contributed by atoms with E-state index >= 15 is 0 Å². The minimum Gasteiger partial charge on any atom is -0.350 e. The molecule has 1 saturated heterocycles.